The van der Waals surface area contributed by atoms with E-state index in [4.69, 9.17) is 9.52 Å². The number of aromatic nitrogens is 1. The van der Waals surface area contributed by atoms with Crippen molar-refractivity contribution >= 4 is 21.6 Å². The Morgan fingerprint density at radius 3 is 2.59 bits per heavy atom. The summed E-state index contributed by atoms with van der Waals surface area (Å²) in [5, 5.41) is 1.62. The number of methoxy groups -OCH3 is 1. The SMILES string of the molecule is COc1cc(C)c2[nH]ccc2c1CN1CCN(CC2CC2)C[C@H]1c1ccc(S(=N)C(C)C)cc1. The van der Waals surface area contributed by atoms with Gasteiger partial charge in [-0.3, -0.25) is 14.6 Å². The highest BCUT2D eigenvalue weighted by atomic mass is 32.2. The largest absolute Gasteiger partial charge is 0.496 e. The number of H-pyrrole nitrogens is 1. The first-order valence-electron chi connectivity index (χ1n) is 12.6. The van der Waals surface area contributed by atoms with Crippen molar-refractivity contribution in [1.82, 2.24) is 14.8 Å². The first kappa shape index (κ1) is 23.6. The summed E-state index contributed by atoms with van der Waals surface area (Å²) in [6, 6.07) is 13.6. The highest BCUT2D eigenvalue weighted by Crippen LogP contribution is 2.36. The van der Waals surface area contributed by atoms with Crippen LogP contribution < -0.4 is 4.74 Å². The minimum Gasteiger partial charge on any atom is -0.496 e. The Morgan fingerprint density at radius 1 is 1.15 bits per heavy atom. The fourth-order valence-corrected chi connectivity index (χ4v) is 6.28. The van der Waals surface area contributed by atoms with Crippen molar-refractivity contribution in [3.05, 3.63) is 59.3 Å². The normalized spacial score (nSPS) is 20.8. The number of hydrogen-bond acceptors (Lipinski definition) is 4. The molecule has 5 rings (SSSR count). The summed E-state index contributed by atoms with van der Waals surface area (Å²) < 4.78 is 14.4. The predicted octanol–water partition coefficient (Wildman–Crippen LogP) is 5.90. The second kappa shape index (κ2) is 9.84. The van der Waals surface area contributed by atoms with Crippen molar-refractivity contribution in [3.63, 3.8) is 0 Å². The van der Waals surface area contributed by atoms with Gasteiger partial charge >= 0.3 is 0 Å². The minimum absolute atomic E-state index is 0.341. The standard InChI is InChI=1S/C28H38N4OS/c1-19(2)34(29)23-9-7-22(8-10-23)26-18-31(16-21-5-6-21)13-14-32(26)17-25-24-11-12-30-28(24)20(3)15-27(25)33-4/h7-12,15,19,21,26,29-30H,5-6,13-14,16-18H2,1-4H3/t26-,34?/m0/s1. The Hall–Kier alpha value is -2.15. The molecule has 1 saturated heterocycles. The molecule has 2 aromatic carbocycles. The van der Waals surface area contributed by atoms with Crippen LogP contribution in [0.2, 0.25) is 0 Å². The van der Waals surface area contributed by atoms with E-state index in [1.165, 1.54) is 47.0 Å². The predicted molar refractivity (Wildman–Crippen MR) is 142 cm³/mol. The van der Waals surface area contributed by atoms with Crippen molar-refractivity contribution in [2.75, 3.05) is 33.3 Å². The van der Waals surface area contributed by atoms with Crippen LogP contribution in [0.25, 0.3) is 10.9 Å². The Labute approximate surface area is 206 Å². The Morgan fingerprint density at radius 2 is 1.91 bits per heavy atom. The number of fused-ring (bicyclic) bond motifs is 1. The van der Waals surface area contributed by atoms with Gasteiger partial charge in [0.15, 0.2) is 0 Å². The lowest BCUT2D eigenvalue weighted by molar-refractivity contribution is 0.0650. The molecular formula is C28H38N4OS. The summed E-state index contributed by atoms with van der Waals surface area (Å²) in [6.07, 6.45) is 4.83. The van der Waals surface area contributed by atoms with Crippen LogP contribution in [0.5, 0.6) is 5.75 Å². The van der Waals surface area contributed by atoms with Gasteiger partial charge in [-0.25, -0.2) is 0 Å². The number of aryl methyl sites for hydroxylation is 1. The number of aromatic amines is 1. The molecule has 1 aliphatic carbocycles. The van der Waals surface area contributed by atoms with E-state index in [0.717, 1.165) is 42.7 Å². The first-order chi connectivity index (χ1) is 16.4. The zero-order valence-electron chi connectivity index (χ0n) is 20.9. The molecule has 34 heavy (non-hydrogen) atoms. The van der Waals surface area contributed by atoms with Crippen molar-refractivity contribution in [2.45, 2.75) is 56.3 Å². The Kier molecular flexibility index (Phi) is 6.83. The van der Waals surface area contributed by atoms with Gasteiger partial charge in [0.1, 0.15) is 5.75 Å². The third-order valence-corrected chi connectivity index (χ3v) is 9.19. The first-order valence-corrected chi connectivity index (χ1v) is 13.9. The number of nitrogens with one attached hydrogen (secondary N) is 2. The van der Waals surface area contributed by atoms with E-state index in [9.17, 15) is 0 Å². The van der Waals surface area contributed by atoms with Crippen LogP contribution in [-0.4, -0.2) is 53.3 Å². The minimum atomic E-state index is -0.457. The smallest absolute Gasteiger partial charge is 0.124 e. The average Bonchev–Trinajstić information content (AvgIpc) is 3.51. The number of piperazine rings is 1. The molecule has 2 heterocycles. The maximum atomic E-state index is 8.50. The summed E-state index contributed by atoms with van der Waals surface area (Å²) >= 11 is 0. The molecule has 2 N–H and O–H groups in total. The molecule has 0 radical (unpaired) electrons. The zero-order valence-corrected chi connectivity index (χ0v) is 21.8. The lowest BCUT2D eigenvalue weighted by Gasteiger charge is -2.42. The topological polar surface area (TPSA) is 55.4 Å². The van der Waals surface area contributed by atoms with Gasteiger partial charge in [-0.2, -0.15) is 0 Å². The molecule has 1 unspecified atom stereocenters. The maximum absolute atomic E-state index is 8.50. The van der Waals surface area contributed by atoms with Crippen LogP contribution in [0.3, 0.4) is 0 Å². The number of benzene rings is 2. The molecule has 3 aromatic rings. The van der Waals surface area contributed by atoms with E-state index in [-0.39, 0.29) is 0 Å². The summed E-state index contributed by atoms with van der Waals surface area (Å²) in [5.41, 5.74) is 5.06. The van der Waals surface area contributed by atoms with Gasteiger partial charge in [-0.05, 0) is 61.1 Å². The molecule has 0 amide bonds. The van der Waals surface area contributed by atoms with Crippen LogP contribution in [0.4, 0.5) is 0 Å². The lowest BCUT2D eigenvalue weighted by atomic mass is 9.99. The molecule has 6 heteroatoms. The van der Waals surface area contributed by atoms with Gasteiger partial charge in [0.2, 0.25) is 0 Å². The number of rotatable bonds is 8. The molecule has 2 aliphatic rings. The fourth-order valence-electron chi connectivity index (χ4n) is 5.31. The molecule has 1 aliphatic heterocycles. The lowest BCUT2D eigenvalue weighted by Crippen LogP contribution is -2.48. The molecular weight excluding hydrogens is 440 g/mol. The Bertz CT molecular complexity index is 1170. The van der Waals surface area contributed by atoms with Crippen LogP contribution >= 0.6 is 0 Å². The summed E-state index contributed by atoms with van der Waals surface area (Å²) in [7, 11) is 1.33. The van der Waals surface area contributed by atoms with Gasteiger partial charge in [0.05, 0.1) is 7.11 Å². The summed E-state index contributed by atoms with van der Waals surface area (Å²) in [5.74, 6) is 1.89. The highest BCUT2D eigenvalue weighted by Gasteiger charge is 2.32. The number of nitrogens with zero attached hydrogens (tertiary/aromatic N) is 2. The fraction of sp³-hybridized carbons (Fsp3) is 0.500. The third kappa shape index (κ3) is 4.81. The van der Waals surface area contributed by atoms with E-state index >= 15 is 0 Å². The summed E-state index contributed by atoms with van der Waals surface area (Å²) in [4.78, 5) is 9.88. The Balaban J connectivity index is 1.46. The monoisotopic (exact) mass is 478 g/mol. The molecule has 0 bridgehead atoms. The highest BCUT2D eigenvalue weighted by molar-refractivity contribution is 7.86. The van der Waals surface area contributed by atoms with Crippen LogP contribution in [0.15, 0.2) is 47.5 Å². The molecule has 1 aromatic heterocycles. The van der Waals surface area contributed by atoms with Crippen LogP contribution in [-0.2, 0) is 17.2 Å². The summed E-state index contributed by atoms with van der Waals surface area (Å²) in [6.45, 7) is 11.8. The van der Waals surface area contributed by atoms with E-state index < -0.39 is 10.7 Å². The zero-order chi connectivity index (χ0) is 23.8. The van der Waals surface area contributed by atoms with Gasteiger partial charge in [-0.1, -0.05) is 36.7 Å². The molecule has 0 spiro atoms. The number of hydrogen-bond donors (Lipinski definition) is 2. The molecule has 1 saturated carbocycles. The van der Waals surface area contributed by atoms with E-state index in [2.05, 4.69) is 72.0 Å². The van der Waals surface area contributed by atoms with Gasteiger partial charge in [-0.15, -0.1) is 0 Å². The quantitative estimate of drug-likeness (QED) is 0.424. The second-order valence-corrected chi connectivity index (χ2v) is 12.4. The third-order valence-electron chi connectivity index (χ3n) is 7.47. The molecule has 5 nitrogen and oxygen atoms in total. The van der Waals surface area contributed by atoms with Crippen molar-refractivity contribution in [3.8, 4) is 5.75 Å². The van der Waals surface area contributed by atoms with Crippen molar-refractivity contribution in [2.24, 2.45) is 5.92 Å². The van der Waals surface area contributed by atoms with Crippen LogP contribution in [0, 0.1) is 17.6 Å². The van der Waals surface area contributed by atoms with Gasteiger partial charge < -0.3 is 9.72 Å². The second-order valence-electron chi connectivity index (χ2n) is 10.3. The van der Waals surface area contributed by atoms with Crippen molar-refractivity contribution in [1.29, 1.82) is 4.78 Å². The van der Waals surface area contributed by atoms with Gasteiger partial charge in [0.25, 0.3) is 0 Å². The van der Waals surface area contributed by atoms with E-state index in [0.29, 0.717) is 11.3 Å². The maximum Gasteiger partial charge on any atom is 0.124 e. The molecule has 2 fully saturated rings. The average molecular weight is 479 g/mol. The van der Waals surface area contributed by atoms with Crippen LogP contribution in [0.1, 0.15) is 49.4 Å². The molecule has 182 valence electrons. The van der Waals surface area contributed by atoms with Gasteiger partial charge in [0, 0.05) is 71.6 Å². The van der Waals surface area contributed by atoms with E-state index in [1.54, 1.807) is 7.11 Å². The number of ether oxygens (including phenoxy) is 1. The van der Waals surface area contributed by atoms with E-state index in [1.807, 2.05) is 6.20 Å². The molecule has 2 atom stereocenters. The van der Waals surface area contributed by atoms with Crippen molar-refractivity contribution < 1.29 is 4.74 Å².